The molecule has 1 N–H and O–H groups in total. The van der Waals surface area contributed by atoms with Crippen LogP contribution in [0.4, 0.5) is 0 Å². The third kappa shape index (κ3) is 3.56. The third-order valence-electron chi connectivity index (χ3n) is 5.16. The van der Waals surface area contributed by atoms with Crippen LogP contribution in [0.15, 0.2) is 59.7 Å². The van der Waals surface area contributed by atoms with Crippen LogP contribution in [0.3, 0.4) is 0 Å². The molecule has 6 heteroatoms. The molecule has 0 unspecified atom stereocenters. The van der Waals surface area contributed by atoms with Gasteiger partial charge in [-0.1, -0.05) is 48.2 Å². The molecule has 1 aromatic heterocycles. The lowest BCUT2D eigenvalue weighted by Crippen LogP contribution is -2.09. The van der Waals surface area contributed by atoms with Gasteiger partial charge < -0.3 is 9.30 Å². The number of esters is 1. The molecule has 3 aromatic rings. The molecular weight excluding hydrogens is 382 g/mol. The van der Waals surface area contributed by atoms with Crippen LogP contribution in [0, 0.1) is 20.8 Å². The standard InChI is InChI=1S/C23H23N3O2S/c1-14-10-11-18(23(27)28-4)13-20(14)26-15(2)12-19(16(26)3)22-25-24-21(29-22)17-8-6-5-7-9-17/h5-13,22,25H,1-4H3/t22-/m0/s1. The molecule has 1 aliphatic heterocycles. The van der Waals surface area contributed by atoms with Crippen LogP contribution in [0.1, 0.15) is 43.8 Å². The average molecular weight is 406 g/mol. The van der Waals surface area contributed by atoms with Gasteiger partial charge in [0.15, 0.2) is 0 Å². The molecule has 1 atom stereocenters. The van der Waals surface area contributed by atoms with E-state index in [2.05, 4.69) is 47.1 Å². The number of carbonyl (C=O) groups excluding carboxylic acids is 1. The summed E-state index contributed by atoms with van der Waals surface area (Å²) in [5.41, 5.74) is 10.4. The smallest absolute Gasteiger partial charge is 0.337 e. The number of rotatable bonds is 4. The summed E-state index contributed by atoms with van der Waals surface area (Å²) < 4.78 is 7.09. The number of carbonyl (C=O) groups is 1. The summed E-state index contributed by atoms with van der Waals surface area (Å²) in [4.78, 5) is 12.0. The number of hydrogen-bond acceptors (Lipinski definition) is 5. The Morgan fingerprint density at radius 1 is 1.10 bits per heavy atom. The largest absolute Gasteiger partial charge is 0.465 e. The fraction of sp³-hybridized carbons (Fsp3) is 0.217. The maximum Gasteiger partial charge on any atom is 0.337 e. The molecular formula is C23H23N3O2S. The summed E-state index contributed by atoms with van der Waals surface area (Å²) in [6, 6.07) is 18.0. The zero-order valence-corrected chi connectivity index (χ0v) is 17.7. The van der Waals surface area contributed by atoms with Crippen molar-refractivity contribution in [3.63, 3.8) is 0 Å². The van der Waals surface area contributed by atoms with E-state index >= 15 is 0 Å². The first-order valence-corrected chi connectivity index (χ1v) is 10.3. The molecule has 5 nitrogen and oxygen atoms in total. The van der Waals surface area contributed by atoms with Gasteiger partial charge in [-0.15, -0.1) is 0 Å². The molecule has 0 fully saturated rings. The predicted molar refractivity (Wildman–Crippen MR) is 118 cm³/mol. The SMILES string of the molecule is COC(=O)c1ccc(C)c(-n2c(C)cc([C@H]3NN=C(c4ccccc4)S3)c2C)c1. The summed E-state index contributed by atoms with van der Waals surface area (Å²) in [5, 5.41) is 5.58. The summed E-state index contributed by atoms with van der Waals surface area (Å²) >= 11 is 1.72. The van der Waals surface area contributed by atoms with Gasteiger partial charge in [-0.2, -0.15) is 5.10 Å². The number of methoxy groups -OCH3 is 1. The Morgan fingerprint density at radius 2 is 1.86 bits per heavy atom. The van der Waals surface area contributed by atoms with Crippen LogP contribution < -0.4 is 5.43 Å². The van der Waals surface area contributed by atoms with Crippen molar-refractivity contribution in [2.24, 2.45) is 5.10 Å². The van der Waals surface area contributed by atoms with E-state index in [1.807, 2.05) is 37.3 Å². The van der Waals surface area contributed by atoms with Crippen molar-refractivity contribution in [1.82, 2.24) is 9.99 Å². The maximum absolute atomic E-state index is 12.0. The molecule has 0 spiro atoms. The number of hydrazone groups is 1. The first-order valence-electron chi connectivity index (χ1n) is 9.43. The van der Waals surface area contributed by atoms with Gasteiger partial charge >= 0.3 is 5.97 Å². The van der Waals surface area contributed by atoms with E-state index in [-0.39, 0.29) is 11.3 Å². The van der Waals surface area contributed by atoms with E-state index in [4.69, 9.17) is 4.74 Å². The van der Waals surface area contributed by atoms with Crippen LogP contribution in [0.25, 0.3) is 5.69 Å². The molecule has 0 saturated heterocycles. The number of aryl methyl sites for hydroxylation is 2. The second-order valence-corrected chi connectivity index (χ2v) is 8.16. The van der Waals surface area contributed by atoms with Crippen LogP contribution in [0.2, 0.25) is 0 Å². The third-order valence-corrected chi connectivity index (χ3v) is 6.30. The Bertz CT molecular complexity index is 1100. The molecule has 2 aromatic carbocycles. The predicted octanol–water partition coefficient (Wildman–Crippen LogP) is 4.89. The lowest BCUT2D eigenvalue weighted by molar-refractivity contribution is 0.0600. The van der Waals surface area contributed by atoms with Gasteiger partial charge in [0.1, 0.15) is 10.4 Å². The number of aromatic nitrogens is 1. The minimum absolute atomic E-state index is 0.0502. The maximum atomic E-state index is 12.0. The molecule has 0 saturated carbocycles. The van der Waals surface area contributed by atoms with Crippen molar-refractivity contribution in [1.29, 1.82) is 0 Å². The number of nitrogens with zero attached hydrogens (tertiary/aromatic N) is 2. The Kier molecular flexibility index (Phi) is 5.20. The van der Waals surface area contributed by atoms with Crippen molar-refractivity contribution >= 4 is 22.8 Å². The van der Waals surface area contributed by atoms with Gasteiger partial charge in [0.2, 0.25) is 0 Å². The Hall–Kier alpha value is -2.99. The van der Waals surface area contributed by atoms with Gasteiger partial charge in [0.25, 0.3) is 0 Å². The van der Waals surface area contributed by atoms with E-state index in [1.54, 1.807) is 17.8 Å². The first-order chi connectivity index (χ1) is 14.0. The molecule has 148 valence electrons. The lowest BCUT2D eigenvalue weighted by Gasteiger charge is -2.15. The number of ether oxygens (including phenoxy) is 1. The Balaban J connectivity index is 1.68. The normalized spacial score (nSPS) is 15.7. The average Bonchev–Trinajstić information content (AvgIpc) is 3.33. The summed E-state index contributed by atoms with van der Waals surface area (Å²) in [7, 11) is 1.40. The highest BCUT2D eigenvalue weighted by atomic mass is 32.2. The molecule has 0 amide bonds. The van der Waals surface area contributed by atoms with Crippen molar-refractivity contribution in [2.75, 3.05) is 7.11 Å². The number of nitrogens with one attached hydrogen (secondary N) is 1. The fourth-order valence-corrected chi connectivity index (χ4v) is 4.72. The van der Waals surface area contributed by atoms with Gasteiger partial charge in [0.05, 0.1) is 12.7 Å². The van der Waals surface area contributed by atoms with Crippen LogP contribution in [-0.2, 0) is 4.74 Å². The Morgan fingerprint density at radius 3 is 2.59 bits per heavy atom. The summed E-state index contributed by atoms with van der Waals surface area (Å²) in [6.45, 7) is 6.24. The summed E-state index contributed by atoms with van der Waals surface area (Å²) in [5.74, 6) is -0.331. The molecule has 0 aliphatic carbocycles. The van der Waals surface area contributed by atoms with E-state index in [9.17, 15) is 4.79 Å². The topological polar surface area (TPSA) is 55.6 Å². The van der Waals surface area contributed by atoms with Gasteiger partial charge in [-0.05, 0) is 44.5 Å². The number of benzene rings is 2. The van der Waals surface area contributed by atoms with Gasteiger partial charge in [-0.3, -0.25) is 5.43 Å². The number of thioether (sulfide) groups is 1. The first kappa shape index (κ1) is 19.3. The van der Waals surface area contributed by atoms with Gasteiger partial charge in [0, 0.05) is 28.2 Å². The van der Waals surface area contributed by atoms with E-state index < -0.39 is 0 Å². The van der Waals surface area contributed by atoms with Crippen molar-refractivity contribution in [3.05, 3.63) is 88.2 Å². The molecule has 0 radical (unpaired) electrons. The zero-order valence-electron chi connectivity index (χ0n) is 16.9. The van der Waals surface area contributed by atoms with E-state index in [1.165, 1.54) is 12.7 Å². The highest BCUT2D eigenvalue weighted by Gasteiger charge is 2.26. The van der Waals surface area contributed by atoms with Crippen LogP contribution in [0.5, 0.6) is 0 Å². The van der Waals surface area contributed by atoms with Gasteiger partial charge in [-0.25, -0.2) is 4.79 Å². The van der Waals surface area contributed by atoms with Crippen molar-refractivity contribution in [3.8, 4) is 5.69 Å². The zero-order chi connectivity index (χ0) is 20.5. The fourth-order valence-electron chi connectivity index (χ4n) is 3.65. The molecule has 1 aliphatic rings. The summed E-state index contributed by atoms with van der Waals surface area (Å²) in [6.07, 6.45) is 0. The lowest BCUT2D eigenvalue weighted by atomic mass is 10.1. The quantitative estimate of drug-likeness (QED) is 0.628. The monoisotopic (exact) mass is 405 g/mol. The minimum Gasteiger partial charge on any atom is -0.465 e. The van der Waals surface area contributed by atoms with Crippen LogP contribution >= 0.6 is 11.8 Å². The van der Waals surface area contributed by atoms with Crippen LogP contribution in [-0.4, -0.2) is 22.7 Å². The highest BCUT2D eigenvalue weighted by molar-refractivity contribution is 8.14. The van der Waals surface area contributed by atoms with E-state index in [0.29, 0.717) is 5.56 Å². The minimum atomic E-state index is -0.331. The Labute approximate surface area is 174 Å². The second kappa shape index (κ2) is 7.79. The number of hydrogen-bond donors (Lipinski definition) is 1. The molecule has 2 heterocycles. The molecule has 0 bridgehead atoms. The molecule has 4 rings (SSSR count). The second-order valence-electron chi connectivity index (χ2n) is 7.06. The highest BCUT2D eigenvalue weighted by Crippen LogP contribution is 2.38. The van der Waals surface area contributed by atoms with Crippen molar-refractivity contribution < 1.29 is 9.53 Å². The molecule has 29 heavy (non-hydrogen) atoms. The van der Waals surface area contributed by atoms with E-state index in [0.717, 1.165) is 33.2 Å². The van der Waals surface area contributed by atoms with Crippen molar-refractivity contribution in [2.45, 2.75) is 26.1 Å².